The highest BCUT2D eigenvalue weighted by atomic mass is 32.2. The summed E-state index contributed by atoms with van der Waals surface area (Å²) in [7, 11) is 0. The molecule has 1 saturated carbocycles. The molecule has 0 saturated heterocycles. The van der Waals surface area contributed by atoms with Gasteiger partial charge in [-0.25, -0.2) is 8.78 Å². The van der Waals surface area contributed by atoms with Gasteiger partial charge in [0.1, 0.15) is 0 Å². The first-order chi connectivity index (χ1) is 4.49. The minimum absolute atomic E-state index is 0.0690. The molecule has 0 heterocycles. The Hall–Kier alpha value is -0.120. The van der Waals surface area contributed by atoms with Crippen LogP contribution in [-0.2, 0) is 4.79 Å². The molecule has 1 nitrogen and oxygen atoms in total. The van der Waals surface area contributed by atoms with Crippen molar-refractivity contribution >= 4 is 16.9 Å². The summed E-state index contributed by atoms with van der Waals surface area (Å²) in [6.07, 6.45) is -0.255. The maximum absolute atomic E-state index is 12.1. The predicted molar refractivity (Wildman–Crippen MR) is 36.2 cm³/mol. The lowest BCUT2D eigenvalue weighted by Gasteiger charge is -2.33. The van der Waals surface area contributed by atoms with E-state index in [0.29, 0.717) is 0 Å². The summed E-state index contributed by atoms with van der Waals surface area (Å²) < 4.78 is 24.2. The molecule has 0 aromatic carbocycles. The van der Waals surface area contributed by atoms with Crippen molar-refractivity contribution in [2.75, 3.05) is 0 Å². The van der Waals surface area contributed by atoms with E-state index >= 15 is 0 Å². The SMILES string of the molecule is CC(=O)SC1CC(F)(F)C1. The molecule has 0 aromatic rings. The summed E-state index contributed by atoms with van der Waals surface area (Å²) in [6.45, 7) is 1.40. The van der Waals surface area contributed by atoms with E-state index in [2.05, 4.69) is 0 Å². The van der Waals surface area contributed by atoms with Gasteiger partial charge in [0.05, 0.1) is 0 Å². The smallest absolute Gasteiger partial charge is 0.250 e. The van der Waals surface area contributed by atoms with E-state index in [-0.39, 0.29) is 23.2 Å². The first-order valence-corrected chi connectivity index (χ1v) is 3.93. The molecule has 0 spiro atoms. The fraction of sp³-hybridized carbons (Fsp3) is 0.833. The monoisotopic (exact) mass is 166 g/mol. The standard InChI is InChI=1S/C6H8F2OS/c1-4(9)10-5-2-6(7,8)3-5/h5H,2-3H2,1H3. The lowest BCUT2D eigenvalue weighted by Crippen LogP contribution is -2.37. The van der Waals surface area contributed by atoms with Crippen molar-refractivity contribution in [3.8, 4) is 0 Å². The molecule has 1 aliphatic carbocycles. The zero-order valence-electron chi connectivity index (χ0n) is 5.56. The van der Waals surface area contributed by atoms with Crippen LogP contribution < -0.4 is 0 Å². The number of alkyl halides is 2. The molecule has 0 bridgehead atoms. The molecule has 1 fully saturated rings. The normalized spacial score (nSPS) is 23.9. The Bertz CT molecular complexity index is 150. The molecule has 1 aliphatic rings. The minimum Gasteiger partial charge on any atom is -0.288 e. The summed E-state index contributed by atoms with van der Waals surface area (Å²) in [5.41, 5.74) is 0. The van der Waals surface area contributed by atoms with Crippen molar-refractivity contribution in [1.29, 1.82) is 0 Å². The maximum Gasteiger partial charge on any atom is 0.250 e. The molecule has 1 rings (SSSR count). The summed E-state index contributed by atoms with van der Waals surface area (Å²) in [4.78, 5) is 10.4. The van der Waals surface area contributed by atoms with E-state index in [1.807, 2.05) is 0 Å². The van der Waals surface area contributed by atoms with E-state index < -0.39 is 5.92 Å². The largest absolute Gasteiger partial charge is 0.288 e. The molecule has 10 heavy (non-hydrogen) atoms. The third-order valence-corrected chi connectivity index (χ3v) is 2.38. The van der Waals surface area contributed by atoms with Gasteiger partial charge in [-0.3, -0.25) is 4.79 Å². The van der Waals surface area contributed by atoms with Crippen LogP contribution >= 0.6 is 11.8 Å². The number of halogens is 2. The Morgan fingerprint density at radius 1 is 1.60 bits per heavy atom. The van der Waals surface area contributed by atoms with Crippen molar-refractivity contribution in [3.63, 3.8) is 0 Å². The van der Waals surface area contributed by atoms with Crippen LogP contribution in [0, 0.1) is 0 Å². The van der Waals surface area contributed by atoms with Gasteiger partial charge in [0.15, 0.2) is 5.12 Å². The number of rotatable bonds is 1. The third kappa shape index (κ3) is 1.94. The minimum atomic E-state index is -2.49. The Balaban J connectivity index is 2.21. The van der Waals surface area contributed by atoms with Crippen LogP contribution in [0.4, 0.5) is 8.78 Å². The second kappa shape index (κ2) is 2.49. The van der Waals surface area contributed by atoms with Gasteiger partial charge in [-0.05, 0) is 0 Å². The van der Waals surface area contributed by atoms with Crippen LogP contribution in [0.5, 0.6) is 0 Å². The molecule has 0 aliphatic heterocycles. The van der Waals surface area contributed by atoms with E-state index in [4.69, 9.17) is 0 Å². The zero-order chi connectivity index (χ0) is 7.78. The van der Waals surface area contributed by atoms with Crippen molar-refractivity contribution in [3.05, 3.63) is 0 Å². The van der Waals surface area contributed by atoms with Crippen LogP contribution in [0.2, 0.25) is 0 Å². The highest BCUT2D eigenvalue weighted by molar-refractivity contribution is 8.14. The van der Waals surface area contributed by atoms with E-state index in [9.17, 15) is 13.6 Å². The number of carbonyl (C=O) groups is 1. The maximum atomic E-state index is 12.1. The number of hydrogen-bond donors (Lipinski definition) is 0. The molecule has 0 N–H and O–H groups in total. The third-order valence-electron chi connectivity index (χ3n) is 1.39. The van der Waals surface area contributed by atoms with Crippen LogP contribution in [0.15, 0.2) is 0 Å². The van der Waals surface area contributed by atoms with E-state index in [0.717, 1.165) is 11.8 Å². The van der Waals surface area contributed by atoms with Crippen LogP contribution in [0.3, 0.4) is 0 Å². The molecule has 58 valence electrons. The second-order valence-electron chi connectivity index (χ2n) is 2.50. The van der Waals surface area contributed by atoms with Crippen molar-refractivity contribution in [1.82, 2.24) is 0 Å². The highest BCUT2D eigenvalue weighted by Gasteiger charge is 2.45. The second-order valence-corrected chi connectivity index (χ2v) is 3.97. The van der Waals surface area contributed by atoms with Gasteiger partial charge in [0.2, 0.25) is 5.92 Å². The first-order valence-electron chi connectivity index (χ1n) is 3.05. The van der Waals surface area contributed by atoms with Gasteiger partial charge < -0.3 is 0 Å². The van der Waals surface area contributed by atoms with Crippen molar-refractivity contribution in [2.45, 2.75) is 30.9 Å². The molecule has 0 aromatic heterocycles. The number of carbonyl (C=O) groups excluding carboxylic acids is 1. The summed E-state index contributed by atoms with van der Waals surface area (Å²) in [6, 6.07) is 0. The Kier molecular flexibility index (Phi) is 1.99. The lowest BCUT2D eigenvalue weighted by atomic mass is 9.94. The predicted octanol–water partition coefficient (Wildman–Crippen LogP) is 2.06. The number of hydrogen-bond acceptors (Lipinski definition) is 2. The van der Waals surface area contributed by atoms with Crippen LogP contribution in [-0.4, -0.2) is 16.3 Å². The molecule has 0 atom stereocenters. The average Bonchev–Trinajstić information content (AvgIpc) is 1.57. The summed E-state index contributed by atoms with van der Waals surface area (Å²) >= 11 is 1.02. The molecule has 0 radical (unpaired) electrons. The van der Waals surface area contributed by atoms with Crippen molar-refractivity contribution in [2.24, 2.45) is 0 Å². The summed E-state index contributed by atoms with van der Waals surface area (Å²) in [5, 5.41) is -0.201. The van der Waals surface area contributed by atoms with Crippen LogP contribution in [0.1, 0.15) is 19.8 Å². The van der Waals surface area contributed by atoms with Crippen LogP contribution in [0.25, 0.3) is 0 Å². The molecule has 0 amide bonds. The molecule has 0 unspecified atom stereocenters. The Morgan fingerprint density at radius 2 is 2.10 bits per heavy atom. The topological polar surface area (TPSA) is 17.1 Å². The van der Waals surface area contributed by atoms with E-state index in [1.165, 1.54) is 6.92 Å². The van der Waals surface area contributed by atoms with Gasteiger partial charge in [-0.2, -0.15) is 0 Å². The fourth-order valence-corrected chi connectivity index (χ4v) is 2.05. The lowest BCUT2D eigenvalue weighted by molar-refractivity contribution is -0.109. The fourth-order valence-electron chi connectivity index (χ4n) is 0.924. The average molecular weight is 166 g/mol. The zero-order valence-corrected chi connectivity index (χ0v) is 6.38. The van der Waals surface area contributed by atoms with Gasteiger partial charge in [-0.1, -0.05) is 11.8 Å². The quantitative estimate of drug-likeness (QED) is 0.593. The Labute approximate surface area is 62.2 Å². The van der Waals surface area contributed by atoms with Gasteiger partial charge in [0.25, 0.3) is 0 Å². The molecular formula is C6H8F2OS. The van der Waals surface area contributed by atoms with Gasteiger partial charge in [-0.15, -0.1) is 0 Å². The van der Waals surface area contributed by atoms with E-state index in [1.54, 1.807) is 0 Å². The molecule has 4 heteroatoms. The molecular weight excluding hydrogens is 158 g/mol. The Morgan fingerprint density at radius 3 is 2.40 bits per heavy atom. The highest BCUT2D eigenvalue weighted by Crippen LogP contribution is 2.44. The summed E-state index contributed by atoms with van der Waals surface area (Å²) in [5.74, 6) is -2.49. The van der Waals surface area contributed by atoms with Crippen molar-refractivity contribution < 1.29 is 13.6 Å². The first kappa shape index (κ1) is 7.98. The number of thioether (sulfide) groups is 1. The van der Waals surface area contributed by atoms with Gasteiger partial charge in [0, 0.05) is 25.0 Å². The van der Waals surface area contributed by atoms with Gasteiger partial charge >= 0.3 is 0 Å².